The zero-order chi connectivity index (χ0) is 97.4. The molecule has 5 N–H and O–H groups in total. The summed E-state index contributed by atoms with van der Waals surface area (Å²) in [5.41, 5.74) is 20.5. The lowest BCUT2D eigenvalue weighted by molar-refractivity contribution is 0.000379. The van der Waals surface area contributed by atoms with Crippen molar-refractivity contribution in [3.8, 4) is 0 Å². The second kappa shape index (κ2) is 38.1. The number of nitrogens with one attached hydrogen (secondary N) is 4. The number of aliphatic hydroxyl groups is 1. The SMILES string of the molecule is O=C1c2cccc3[nH]cc(c23)CCN1CC12CCN(CC1)CC2.O=C1c2cccc3c2c(cn3Cc2ccc(CO)cc2)CCN1CC12CCN(CC1)CC2.O=C1c2cccc3cnn(c23)CCN1CC12CCN(CC1)CC2.O=C1c2cccc3n[nH]c(c23)CCN1CC1CN2CCC1CC2.O=C1c2cccc3n[nH]c(c23)CN1CC12CCC(CC1)CC2.O=C1c2cccc3n[nH]c(c23)CN1CC1CN2CCC1CC2. The van der Waals surface area contributed by atoms with Gasteiger partial charge in [-0.1, -0.05) is 66.7 Å². The van der Waals surface area contributed by atoms with Gasteiger partial charge >= 0.3 is 0 Å². The number of aromatic nitrogens is 10. The number of fused-ring (bicyclic) bond motifs is 18. The van der Waals surface area contributed by atoms with E-state index in [1.807, 2.05) is 125 Å². The zero-order valence-electron chi connectivity index (χ0n) is 84.1. The zero-order valence-corrected chi connectivity index (χ0v) is 84.1. The molecule has 754 valence electrons. The molecule has 6 aromatic heterocycles. The second-order valence-electron chi connectivity index (χ2n) is 46.9. The van der Waals surface area contributed by atoms with Crippen LogP contribution in [0.5, 0.6) is 0 Å². The minimum absolute atomic E-state index is 0.0678. The topological polar surface area (TPSA) is 283 Å². The summed E-state index contributed by atoms with van der Waals surface area (Å²) in [6.45, 7) is 30.0. The predicted molar refractivity (Wildman–Crippen MR) is 561 cm³/mol. The van der Waals surface area contributed by atoms with Crippen molar-refractivity contribution in [2.24, 2.45) is 51.2 Å². The standard InChI is InChI=1S/C27H31N3O2.C19H23N3O.2C18H22N4O.C18H21N3O.C17H20N4O/c31-18-21-6-4-20(5-7-21)16-30-17-22-8-12-29(19-27-9-13-28(14-10-27)15-11-27)26(32)23-2-1-3-24(30)25(22)23;23-18-15-2-1-3-16-17(15)14(12-20-16)4-8-22(18)13-19-5-9-21(10-6-19)11-7-19;23-18-14-2-1-3-15-17(14)16(20-19-15)6-9-22(18)11-13-10-21-7-4-12(13)5-8-21;23-17-15-3-1-2-14-12-19-22(16(14)15)11-10-21(17)13-18-4-7-20(8-5-18)9-6-18;22-17-13-2-1-3-14-16(13)15(20-19-14)10-21(17)11-18-7-4-12(5-8-18)6-9-18;22-17-13-2-1-3-14-16(13)15(19-18-14)10-21(17)9-12-8-20-6-4-11(12)5-7-20/h1-7,17,31H,8-16,18-19H2;1-3,12,20H,4-11,13H2;1-3,12-13H,4-11H2,(H,19,20);1-3,12H,4-11,13H2;1-3,12H,4-11H2,(H,19,20);1-3,11-12H,4-10H2,(H,18,19). The van der Waals surface area contributed by atoms with E-state index in [0.717, 1.165) is 244 Å². The molecule has 12 bridgehead atoms. The number of aromatic amines is 4. The van der Waals surface area contributed by atoms with Gasteiger partial charge in [0.05, 0.1) is 88.1 Å². The number of piperidine rings is 15. The first-order valence-electron chi connectivity index (χ1n) is 55.0. The number of rotatable bonds is 15. The Bertz CT molecular complexity index is 6920. The summed E-state index contributed by atoms with van der Waals surface area (Å²) in [7, 11) is 0. The molecule has 28 heteroatoms. The molecule has 37 rings (SSSR count). The summed E-state index contributed by atoms with van der Waals surface area (Å²) in [6.07, 6.45) is 33.4. The van der Waals surface area contributed by atoms with Gasteiger partial charge in [0.25, 0.3) is 35.4 Å². The number of amides is 6. The fourth-order valence-electron chi connectivity index (χ4n) is 29.9. The molecule has 18 fully saturated rings. The molecule has 3 saturated carbocycles. The number of carbonyl (C=O) groups excluding carboxylic acids is 6. The lowest BCUT2D eigenvalue weighted by Gasteiger charge is -2.50. The lowest BCUT2D eigenvalue weighted by Crippen LogP contribution is -2.53. The van der Waals surface area contributed by atoms with Gasteiger partial charge in [0.1, 0.15) is 0 Å². The van der Waals surface area contributed by atoms with Gasteiger partial charge < -0.3 is 68.6 Å². The van der Waals surface area contributed by atoms with Crippen molar-refractivity contribution in [2.75, 3.05) is 164 Å². The number of para-hydroxylation sites is 1. The molecule has 2 unspecified atom stereocenters. The van der Waals surface area contributed by atoms with Gasteiger partial charge in [-0.15, -0.1) is 0 Å². The van der Waals surface area contributed by atoms with E-state index in [1.54, 1.807) is 0 Å². The van der Waals surface area contributed by atoms with Crippen LogP contribution in [0.3, 0.4) is 0 Å². The van der Waals surface area contributed by atoms with Crippen LogP contribution in [-0.4, -0.2) is 308 Å². The number of hydrogen-bond donors (Lipinski definition) is 5. The molecule has 3 aliphatic carbocycles. The maximum absolute atomic E-state index is 13.7. The number of hydrogen-bond acceptors (Lipinski definition) is 16. The van der Waals surface area contributed by atoms with Crippen molar-refractivity contribution < 1.29 is 33.9 Å². The molecule has 28 nitrogen and oxygen atoms in total. The summed E-state index contributed by atoms with van der Waals surface area (Å²) in [6, 6.07) is 43.9. The minimum Gasteiger partial charge on any atom is -0.392 e. The number of nitrogens with zero attached hydrogens (tertiary/aromatic N) is 17. The first-order chi connectivity index (χ1) is 70.9. The maximum atomic E-state index is 13.7. The third-order valence-corrected chi connectivity index (χ3v) is 38.8. The molecule has 24 aliphatic rings. The number of aliphatic hydroxyl groups excluding tert-OH is 1. The van der Waals surface area contributed by atoms with Crippen molar-refractivity contribution in [1.82, 2.24) is 104 Å². The maximum Gasteiger partial charge on any atom is 0.256 e. The normalized spacial score (nSPS) is 28.9. The van der Waals surface area contributed by atoms with E-state index in [1.165, 1.54) is 230 Å². The van der Waals surface area contributed by atoms with Crippen LogP contribution >= 0.6 is 0 Å². The predicted octanol–water partition coefficient (Wildman–Crippen LogP) is 15.5. The highest BCUT2D eigenvalue weighted by atomic mass is 16.3. The van der Waals surface area contributed by atoms with Crippen LogP contribution in [0.15, 0.2) is 152 Å². The van der Waals surface area contributed by atoms with Gasteiger partial charge in [0.15, 0.2) is 0 Å². The molecular weight excluding hydrogens is 1810 g/mol. The Hall–Kier alpha value is -11.9. The average molecular weight is 1950 g/mol. The van der Waals surface area contributed by atoms with Gasteiger partial charge in [-0.3, -0.25) is 48.7 Å². The minimum atomic E-state index is 0.0678. The van der Waals surface area contributed by atoms with Crippen molar-refractivity contribution in [1.29, 1.82) is 0 Å². The molecule has 21 aliphatic heterocycles. The molecule has 0 spiro atoms. The van der Waals surface area contributed by atoms with Crippen molar-refractivity contribution in [3.63, 3.8) is 0 Å². The van der Waals surface area contributed by atoms with Crippen molar-refractivity contribution in [3.05, 3.63) is 225 Å². The van der Waals surface area contributed by atoms with Gasteiger partial charge in [0, 0.05) is 164 Å². The fraction of sp³-hybridized carbons (Fsp3) is 0.521. The van der Waals surface area contributed by atoms with Gasteiger partial charge in [-0.25, -0.2) is 0 Å². The van der Waals surface area contributed by atoms with E-state index in [-0.39, 0.29) is 42.0 Å². The highest BCUT2D eigenvalue weighted by Crippen LogP contribution is 2.53. The molecule has 6 amide bonds. The summed E-state index contributed by atoms with van der Waals surface area (Å²) >= 11 is 0. The van der Waals surface area contributed by atoms with Crippen molar-refractivity contribution >= 4 is 101 Å². The van der Waals surface area contributed by atoms with E-state index in [9.17, 15) is 33.9 Å². The van der Waals surface area contributed by atoms with E-state index >= 15 is 0 Å². The third kappa shape index (κ3) is 17.5. The first-order valence-corrected chi connectivity index (χ1v) is 55.0. The van der Waals surface area contributed by atoms with Gasteiger partial charge in [0.2, 0.25) is 0 Å². The van der Waals surface area contributed by atoms with Crippen LogP contribution in [-0.2, 0) is 52.0 Å². The Morgan fingerprint density at radius 3 is 1.30 bits per heavy atom. The quantitative estimate of drug-likeness (QED) is 0.0638. The molecule has 27 heterocycles. The Morgan fingerprint density at radius 1 is 0.352 bits per heavy atom. The number of H-pyrrole nitrogens is 4. The third-order valence-electron chi connectivity index (χ3n) is 38.8. The molecular formula is C117H139N21O7. The van der Waals surface area contributed by atoms with Crippen LogP contribution < -0.4 is 0 Å². The highest BCUT2D eigenvalue weighted by Gasteiger charge is 2.49. The van der Waals surface area contributed by atoms with Crippen LogP contribution in [0.1, 0.15) is 223 Å². The summed E-state index contributed by atoms with van der Waals surface area (Å²) in [4.78, 5) is 108. The first kappa shape index (κ1) is 92.9. The molecule has 145 heavy (non-hydrogen) atoms. The van der Waals surface area contributed by atoms with E-state index in [0.29, 0.717) is 46.6 Å². The van der Waals surface area contributed by atoms with E-state index < -0.39 is 0 Å². The van der Waals surface area contributed by atoms with Crippen LogP contribution in [0.2, 0.25) is 0 Å². The van der Waals surface area contributed by atoms with Gasteiger partial charge in [-0.2, -0.15) is 20.4 Å². The summed E-state index contributed by atoms with van der Waals surface area (Å²) in [5.74, 6) is 5.06. The Kier molecular flexibility index (Phi) is 24.4. The monoisotopic (exact) mass is 1950 g/mol. The molecule has 2 atom stereocenters. The second-order valence-corrected chi connectivity index (χ2v) is 46.9. The largest absolute Gasteiger partial charge is 0.392 e. The van der Waals surface area contributed by atoms with Crippen molar-refractivity contribution in [2.45, 2.75) is 174 Å². The summed E-state index contributed by atoms with van der Waals surface area (Å²) in [5, 5.41) is 42.6. The van der Waals surface area contributed by atoms with Crippen LogP contribution in [0, 0.1) is 51.2 Å². The van der Waals surface area contributed by atoms with Crippen LogP contribution in [0.4, 0.5) is 0 Å². The number of carbonyl (C=O) groups is 6. The molecule has 13 aromatic rings. The Morgan fingerprint density at radius 2 is 0.766 bits per heavy atom. The van der Waals surface area contributed by atoms with E-state index in [4.69, 9.17) is 0 Å². The lowest BCUT2D eigenvalue weighted by atomic mass is 9.60. The summed E-state index contributed by atoms with van der Waals surface area (Å²) < 4.78 is 4.28. The van der Waals surface area contributed by atoms with Crippen LogP contribution in [0.25, 0.3) is 65.4 Å². The smallest absolute Gasteiger partial charge is 0.256 e. The number of benzene rings is 7. The average Bonchev–Trinajstić information content (AvgIpc) is 1.66. The van der Waals surface area contributed by atoms with E-state index in [2.05, 4.69) is 131 Å². The Balaban J connectivity index is 0.0000000890. The van der Waals surface area contributed by atoms with Gasteiger partial charge in [-0.05, 0) is 360 Å². The highest BCUT2D eigenvalue weighted by molar-refractivity contribution is 6.13. The Labute approximate surface area is 847 Å². The fourth-order valence-corrected chi connectivity index (χ4v) is 29.9. The molecule has 15 saturated heterocycles. The molecule has 7 aromatic carbocycles. The molecule has 0 radical (unpaired) electrons.